The maximum Gasteiger partial charge on any atom is 0.242 e. The quantitative estimate of drug-likeness (QED) is 0.288. The molecule has 0 radical (unpaired) electrons. The number of carbonyl (C=O) groups is 4. The highest BCUT2D eigenvalue weighted by atomic mass is 16.5. The highest BCUT2D eigenvalue weighted by molar-refractivity contribution is 5.87. The summed E-state index contributed by atoms with van der Waals surface area (Å²) in [7, 11) is 10.1. The predicted molar refractivity (Wildman–Crippen MR) is 156 cm³/mol. The van der Waals surface area contributed by atoms with E-state index in [9.17, 15) is 19.2 Å². The minimum atomic E-state index is -0.545. The third-order valence-corrected chi connectivity index (χ3v) is 8.42. The first-order valence-electron chi connectivity index (χ1n) is 14.5. The largest absolute Gasteiger partial charge is 0.379 e. The zero-order valence-electron chi connectivity index (χ0n) is 26.7. The summed E-state index contributed by atoms with van der Waals surface area (Å²) in [4.78, 5) is 57.3. The Hall–Kier alpha value is -2.24. The predicted octanol–water partition coefficient (Wildman–Crippen LogP) is 1.36. The molecule has 1 aliphatic heterocycles. The van der Waals surface area contributed by atoms with Crippen LogP contribution < -0.4 is 10.6 Å². The Kier molecular flexibility index (Phi) is 15.1. The van der Waals surface area contributed by atoms with Gasteiger partial charge in [0.15, 0.2) is 0 Å². The fourth-order valence-corrected chi connectivity index (χ4v) is 6.08. The SMILES string of the molecule is CCC(C)C(C(CC(=O)N1CCCC1C(OC)C(C)C(=O)NC)OC)N(C)C(=O)CNC(=O)C(C(C)C)N(C)C. The van der Waals surface area contributed by atoms with Crippen LogP contribution in [0.5, 0.6) is 0 Å². The van der Waals surface area contributed by atoms with Gasteiger partial charge in [-0.05, 0) is 38.8 Å². The van der Waals surface area contributed by atoms with Gasteiger partial charge in [-0.1, -0.05) is 41.0 Å². The molecule has 1 heterocycles. The molecule has 1 saturated heterocycles. The van der Waals surface area contributed by atoms with Gasteiger partial charge in [0.05, 0.1) is 49.2 Å². The molecule has 0 aromatic rings. The van der Waals surface area contributed by atoms with Gasteiger partial charge in [-0.3, -0.25) is 24.1 Å². The van der Waals surface area contributed by atoms with Crippen LogP contribution in [-0.2, 0) is 28.7 Å². The monoisotopic (exact) mass is 569 g/mol. The van der Waals surface area contributed by atoms with Crippen molar-refractivity contribution in [2.24, 2.45) is 17.8 Å². The summed E-state index contributed by atoms with van der Waals surface area (Å²) in [6.07, 6.45) is 1.47. The Bertz CT molecular complexity index is 830. The van der Waals surface area contributed by atoms with Crippen molar-refractivity contribution in [3.05, 3.63) is 0 Å². The van der Waals surface area contributed by atoms with E-state index in [1.807, 2.05) is 58.5 Å². The summed E-state index contributed by atoms with van der Waals surface area (Å²) >= 11 is 0. The average Bonchev–Trinajstić information content (AvgIpc) is 3.39. The van der Waals surface area contributed by atoms with Crippen LogP contribution in [0.3, 0.4) is 0 Å². The molecule has 7 unspecified atom stereocenters. The first-order valence-corrected chi connectivity index (χ1v) is 14.5. The van der Waals surface area contributed by atoms with E-state index in [0.717, 1.165) is 19.3 Å². The molecule has 11 heteroatoms. The summed E-state index contributed by atoms with van der Waals surface area (Å²) in [6.45, 7) is 10.3. The smallest absolute Gasteiger partial charge is 0.242 e. The van der Waals surface area contributed by atoms with Crippen molar-refractivity contribution in [1.82, 2.24) is 25.3 Å². The summed E-state index contributed by atoms with van der Waals surface area (Å²) in [6, 6.07) is -0.935. The lowest BCUT2D eigenvalue weighted by Crippen LogP contribution is -2.55. The Balaban J connectivity index is 3.06. The molecule has 4 amide bonds. The normalized spacial score (nSPS) is 20.0. The van der Waals surface area contributed by atoms with Gasteiger partial charge in [-0.2, -0.15) is 0 Å². The summed E-state index contributed by atoms with van der Waals surface area (Å²) in [5.41, 5.74) is 0. The second-order valence-electron chi connectivity index (χ2n) is 11.6. The van der Waals surface area contributed by atoms with Gasteiger partial charge in [-0.15, -0.1) is 0 Å². The van der Waals surface area contributed by atoms with E-state index in [1.54, 1.807) is 33.2 Å². The molecule has 0 aromatic carbocycles. The second kappa shape index (κ2) is 16.9. The number of ether oxygens (including phenoxy) is 2. The molecule has 0 aromatic heterocycles. The molecular weight excluding hydrogens is 514 g/mol. The van der Waals surface area contributed by atoms with E-state index < -0.39 is 18.1 Å². The maximum atomic E-state index is 13.7. The number of nitrogens with one attached hydrogen (secondary N) is 2. The summed E-state index contributed by atoms with van der Waals surface area (Å²) in [5, 5.41) is 5.47. The van der Waals surface area contributed by atoms with Crippen LogP contribution in [0.25, 0.3) is 0 Å². The highest BCUT2D eigenvalue weighted by Gasteiger charge is 2.41. The fourth-order valence-electron chi connectivity index (χ4n) is 6.08. The molecule has 1 rings (SSSR count). The zero-order valence-corrected chi connectivity index (χ0v) is 26.7. The van der Waals surface area contributed by atoms with Crippen LogP contribution in [0.4, 0.5) is 0 Å². The summed E-state index contributed by atoms with van der Waals surface area (Å²) in [5.74, 6) is -0.940. The molecule has 0 spiro atoms. The van der Waals surface area contributed by atoms with Gasteiger partial charge in [0, 0.05) is 34.9 Å². The van der Waals surface area contributed by atoms with Gasteiger partial charge in [0.2, 0.25) is 23.6 Å². The molecule has 0 bridgehead atoms. The number of nitrogens with zero attached hydrogens (tertiary/aromatic N) is 3. The fraction of sp³-hybridized carbons (Fsp3) is 0.862. The maximum absolute atomic E-state index is 13.7. The molecule has 1 fully saturated rings. The van der Waals surface area contributed by atoms with Crippen molar-refractivity contribution in [1.29, 1.82) is 0 Å². The van der Waals surface area contributed by atoms with Crippen LogP contribution in [0.15, 0.2) is 0 Å². The third-order valence-electron chi connectivity index (χ3n) is 8.42. The van der Waals surface area contributed by atoms with Gasteiger partial charge in [0.25, 0.3) is 0 Å². The molecule has 1 aliphatic rings. The van der Waals surface area contributed by atoms with Crippen molar-refractivity contribution in [3.63, 3.8) is 0 Å². The molecule has 11 nitrogen and oxygen atoms in total. The summed E-state index contributed by atoms with van der Waals surface area (Å²) < 4.78 is 11.6. The van der Waals surface area contributed by atoms with Crippen molar-refractivity contribution >= 4 is 23.6 Å². The minimum Gasteiger partial charge on any atom is -0.379 e. The number of carbonyl (C=O) groups excluding carboxylic acids is 4. The molecule has 232 valence electrons. The third kappa shape index (κ3) is 9.14. The van der Waals surface area contributed by atoms with Crippen LogP contribution in [0, 0.1) is 17.8 Å². The number of rotatable bonds is 16. The van der Waals surface area contributed by atoms with Crippen LogP contribution in [0.2, 0.25) is 0 Å². The van der Waals surface area contributed by atoms with Crippen molar-refractivity contribution in [2.75, 3.05) is 55.5 Å². The van der Waals surface area contributed by atoms with E-state index in [4.69, 9.17) is 9.47 Å². The van der Waals surface area contributed by atoms with E-state index >= 15 is 0 Å². The Morgan fingerprint density at radius 3 is 2.10 bits per heavy atom. The molecule has 7 atom stereocenters. The average molecular weight is 570 g/mol. The number of methoxy groups -OCH3 is 2. The van der Waals surface area contributed by atoms with E-state index in [2.05, 4.69) is 10.6 Å². The Morgan fingerprint density at radius 1 is 1.00 bits per heavy atom. The van der Waals surface area contributed by atoms with Gasteiger partial charge in [-0.25, -0.2) is 0 Å². The lowest BCUT2D eigenvalue weighted by atomic mass is 9.90. The molecule has 0 aliphatic carbocycles. The number of hydrogen-bond acceptors (Lipinski definition) is 7. The van der Waals surface area contributed by atoms with Crippen LogP contribution in [-0.4, -0.2) is 124 Å². The number of likely N-dealkylation sites (tertiary alicyclic amines) is 1. The Labute approximate surface area is 241 Å². The Morgan fingerprint density at radius 2 is 1.62 bits per heavy atom. The van der Waals surface area contributed by atoms with E-state index in [-0.39, 0.29) is 66.6 Å². The number of likely N-dealkylation sites (N-methyl/N-ethyl adjacent to an activating group) is 2. The molecular formula is C29H55N5O6. The standard InChI is InChI=1S/C29H55N5O6/c1-12-19(4)26(33(9)24(36)17-31-29(38)25(18(2)3)32(7)8)22(39-10)16-23(35)34-15-13-14-21(34)27(40-11)20(5)28(37)30-6/h18-22,25-27H,12-17H2,1-11H3,(H,30,37)(H,31,38). The van der Waals surface area contributed by atoms with E-state index in [1.165, 1.54) is 0 Å². The first kappa shape index (κ1) is 35.8. The lowest BCUT2D eigenvalue weighted by Gasteiger charge is -2.39. The van der Waals surface area contributed by atoms with Crippen LogP contribution >= 0.6 is 0 Å². The molecule has 40 heavy (non-hydrogen) atoms. The molecule has 0 saturated carbocycles. The minimum absolute atomic E-state index is 0.0435. The van der Waals surface area contributed by atoms with Crippen molar-refractivity contribution < 1.29 is 28.7 Å². The number of hydrogen-bond donors (Lipinski definition) is 2. The lowest BCUT2D eigenvalue weighted by molar-refractivity contribution is -0.145. The van der Waals surface area contributed by atoms with Gasteiger partial charge >= 0.3 is 0 Å². The second-order valence-corrected chi connectivity index (χ2v) is 11.6. The van der Waals surface area contributed by atoms with E-state index in [0.29, 0.717) is 6.54 Å². The topological polar surface area (TPSA) is 121 Å². The zero-order chi connectivity index (χ0) is 30.7. The highest BCUT2D eigenvalue weighted by Crippen LogP contribution is 2.29. The van der Waals surface area contributed by atoms with Crippen molar-refractivity contribution in [2.45, 2.75) is 90.6 Å². The van der Waals surface area contributed by atoms with Crippen molar-refractivity contribution in [3.8, 4) is 0 Å². The number of amides is 4. The van der Waals surface area contributed by atoms with Crippen LogP contribution in [0.1, 0.15) is 60.3 Å². The first-order chi connectivity index (χ1) is 18.8. The van der Waals surface area contributed by atoms with Gasteiger partial charge < -0.3 is 29.9 Å². The van der Waals surface area contributed by atoms with Gasteiger partial charge in [0.1, 0.15) is 0 Å². The molecule has 2 N–H and O–H groups in total.